The third-order valence-electron chi connectivity index (χ3n) is 5.20. The van der Waals surface area contributed by atoms with Gasteiger partial charge < -0.3 is 9.64 Å². The predicted octanol–water partition coefficient (Wildman–Crippen LogP) is 4.78. The van der Waals surface area contributed by atoms with Gasteiger partial charge in [-0.1, -0.05) is 60.7 Å². The van der Waals surface area contributed by atoms with Crippen molar-refractivity contribution in [3.8, 4) is 5.75 Å². The average Bonchev–Trinajstić information content (AvgIpc) is 2.79. The van der Waals surface area contributed by atoms with Crippen LogP contribution in [0.25, 0.3) is 0 Å². The molecule has 0 atom stereocenters. The molecule has 0 radical (unpaired) electrons. The second kappa shape index (κ2) is 9.55. The van der Waals surface area contributed by atoms with Crippen LogP contribution in [0.1, 0.15) is 27.9 Å². The molecule has 0 saturated heterocycles. The van der Waals surface area contributed by atoms with Crippen molar-refractivity contribution in [3.05, 3.63) is 95.6 Å². The molecule has 3 aromatic rings. The number of ether oxygens (including phenoxy) is 1. The third-order valence-corrected chi connectivity index (χ3v) is 5.52. The van der Waals surface area contributed by atoms with Crippen LogP contribution in [0, 0.1) is 0 Å². The summed E-state index contributed by atoms with van der Waals surface area (Å²) in [6.45, 7) is 1.30. The normalized spacial score (nSPS) is 12.7. The lowest BCUT2D eigenvalue weighted by Crippen LogP contribution is -2.45. The number of hydrogen-bond donors (Lipinski definition) is 1. The number of rotatable bonds is 5. The van der Waals surface area contributed by atoms with Gasteiger partial charge in [0.25, 0.3) is 5.91 Å². The Morgan fingerprint density at radius 2 is 1.70 bits per heavy atom. The van der Waals surface area contributed by atoms with E-state index in [1.807, 2.05) is 59.5 Å². The molecule has 0 spiro atoms. The fourth-order valence-corrected chi connectivity index (χ4v) is 3.96. The Morgan fingerprint density at radius 1 is 0.967 bits per heavy atom. The van der Waals surface area contributed by atoms with Crippen molar-refractivity contribution in [1.82, 2.24) is 5.32 Å². The van der Waals surface area contributed by atoms with Crippen LogP contribution in [0.15, 0.2) is 78.9 Å². The van der Waals surface area contributed by atoms with E-state index in [0.717, 1.165) is 31.5 Å². The number of thiocarbonyl (C=S) groups is 1. The summed E-state index contributed by atoms with van der Waals surface area (Å²) in [6, 6.07) is 25.6. The lowest BCUT2D eigenvalue weighted by Gasteiger charge is -2.31. The monoisotopic (exact) mass is 416 g/mol. The summed E-state index contributed by atoms with van der Waals surface area (Å²) in [4.78, 5) is 15.0. The highest BCUT2D eigenvalue weighted by Crippen LogP contribution is 2.27. The van der Waals surface area contributed by atoms with Gasteiger partial charge in [-0.05, 0) is 54.4 Å². The molecule has 0 unspecified atom stereocenters. The van der Waals surface area contributed by atoms with Gasteiger partial charge in [-0.3, -0.25) is 10.1 Å². The lowest BCUT2D eigenvalue weighted by molar-refractivity contribution is 0.0973. The van der Waals surface area contributed by atoms with Crippen molar-refractivity contribution in [2.24, 2.45) is 0 Å². The Labute approximate surface area is 182 Å². The number of hydrogen-bond acceptors (Lipinski definition) is 3. The molecule has 3 aromatic carbocycles. The predicted molar refractivity (Wildman–Crippen MR) is 124 cm³/mol. The number of carbonyl (C=O) groups excluding carboxylic acids is 1. The first-order chi connectivity index (χ1) is 14.7. The van der Waals surface area contributed by atoms with E-state index in [1.165, 1.54) is 11.1 Å². The van der Waals surface area contributed by atoms with Crippen molar-refractivity contribution in [2.75, 3.05) is 18.1 Å². The molecule has 1 aliphatic rings. The minimum atomic E-state index is -0.252. The number of benzene rings is 3. The van der Waals surface area contributed by atoms with Crippen LogP contribution in [0.5, 0.6) is 5.75 Å². The fourth-order valence-electron chi connectivity index (χ4n) is 3.68. The maximum Gasteiger partial charge on any atom is 0.261 e. The zero-order valence-electron chi connectivity index (χ0n) is 16.7. The molecule has 1 aliphatic heterocycles. The van der Waals surface area contributed by atoms with Gasteiger partial charge in [0, 0.05) is 18.7 Å². The third kappa shape index (κ3) is 4.69. The van der Waals surface area contributed by atoms with Gasteiger partial charge in [0.05, 0.1) is 12.2 Å². The van der Waals surface area contributed by atoms with Crippen molar-refractivity contribution in [3.63, 3.8) is 0 Å². The van der Waals surface area contributed by atoms with E-state index in [0.29, 0.717) is 23.0 Å². The van der Waals surface area contributed by atoms with E-state index in [-0.39, 0.29) is 5.91 Å². The maximum absolute atomic E-state index is 13.0. The molecule has 4 rings (SSSR count). The van der Waals surface area contributed by atoms with Gasteiger partial charge in [-0.25, -0.2) is 0 Å². The summed E-state index contributed by atoms with van der Waals surface area (Å²) in [5.41, 5.74) is 4.01. The lowest BCUT2D eigenvalue weighted by atomic mass is 10.0. The Balaban J connectivity index is 1.42. The molecule has 0 bridgehead atoms. The van der Waals surface area contributed by atoms with Crippen LogP contribution in [-0.4, -0.2) is 24.2 Å². The van der Waals surface area contributed by atoms with Gasteiger partial charge in [0.1, 0.15) is 5.75 Å². The summed E-state index contributed by atoms with van der Waals surface area (Å²) in [6.07, 6.45) is 2.81. The van der Waals surface area contributed by atoms with Crippen LogP contribution >= 0.6 is 12.2 Å². The largest absolute Gasteiger partial charge is 0.492 e. The second-order valence-corrected chi connectivity index (χ2v) is 7.61. The van der Waals surface area contributed by atoms with Gasteiger partial charge in [0.15, 0.2) is 5.11 Å². The second-order valence-electron chi connectivity index (χ2n) is 7.22. The SMILES string of the molecule is O=C(NC(=S)N1CCCc2ccccc21)c1ccccc1OCCc1ccccc1. The summed E-state index contributed by atoms with van der Waals surface area (Å²) < 4.78 is 5.93. The first-order valence-corrected chi connectivity index (χ1v) is 10.6. The highest BCUT2D eigenvalue weighted by atomic mass is 32.1. The molecule has 1 heterocycles. The number of amides is 1. The van der Waals surface area contributed by atoms with Crippen molar-refractivity contribution < 1.29 is 9.53 Å². The van der Waals surface area contributed by atoms with E-state index in [9.17, 15) is 4.79 Å². The number of anilines is 1. The summed E-state index contributed by atoms with van der Waals surface area (Å²) in [5.74, 6) is 0.311. The Bertz CT molecular complexity index is 1040. The van der Waals surface area contributed by atoms with Gasteiger partial charge in [-0.2, -0.15) is 0 Å². The number of para-hydroxylation sites is 2. The first-order valence-electron chi connectivity index (χ1n) is 10.2. The Hall–Kier alpha value is -3.18. The number of aryl methyl sites for hydroxylation is 1. The van der Waals surface area contributed by atoms with Crippen molar-refractivity contribution in [1.29, 1.82) is 0 Å². The summed E-state index contributed by atoms with van der Waals surface area (Å²) >= 11 is 5.57. The Kier molecular flexibility index (Phi) is 6.40. The Morgan fingerprint density at radius 3 is 2.57 bits per heavy atom. The van der Waals surface area contributed by atoms with Crippen LogP contribution < -0.4 is 15.0 Å². The van der Waals surface area contributed by atoms with E-state index in [1.54, 1.807) is 6.07 Å². The zero-order valence-corrected chi connectivity index (χ0v) is 17.5. The van der Waals surface area contributed by atoms with E-state index < -0.39 is 0 Å². The molecule has 0 saturated carbocycles. The molecule has 152 valence electrons. The summed E-state index contributed by atoms with van der Waals surface area (Å²) in [5, 5.41) is 3.32. The molecule has 0 aliphatic carbocycles. The highest BCUT2D eigenvalue weighted by Gasteiger charge is 2.22. The summed E-state index contributed by atoms with van der Waals surface area (Å²) in [7, 11) is 0. The topological polar surface area (TPSA) is 41.6 Å². The van der Waals surface area contributed by atoms with Gasteiger partial charge >= 0.3 is 0 Å². The minimum Gasteiger partial charge on any atom is -0.492 e. The number of nitrogens with one attached hydrogen (secondary N) is 1. The quantitative estimate of drug-likeness (QED) is 0.608. The highest BCUT2D eigenvalue weighted by molar-refractivity contribution is 7.80. The minimum absolute atomic E-state index is 0.252. The standard InChI is InChI=1S/C25H24N2O2S/c28-24(26-25(30)27-17-8-12-20-11-4-6-14-22(20)27)21-13-5-7-15-23(21)29-18-16-19-9-2-1-3-10-19/h1-7,9-11,13-15H,8,12,16-18H2,(H,26,28,30). The van der Waals surface area contributed by atoms with Crippen LogP contribution in [0.3, 0.4) is 0 Å². The molecule has 4 nitrogen and oxygen atoms in total. The van der Waals surface area contributed by atoms with E-state index >= 15 is 0 Å². The molecule has 1 amide bonds. The molecule has 5 heteroatoms. The smallest absolute Gasteiger partial charge is 0.261 e. The number of fused-ring (bicyclic) bond motifs is 1. The molecule has 0 fully saturated rings. The molecular formula is C25H24N2O2S. The van der Waals surface area contributed by atoms with E-state index in [2.05, 4.69) is 23.5 Å². The fraction of sp³-hybridized carbons (Fsp3) is 0.200. The van der Waals surface area contributed by atoms with Crippen LogP contribution in [-0.2, 0) is 12.8 Å². The molecule has 30 heavy (non-hydrogen) atoms. The van der Waals surface area contributed by atoms with Crippen molar-refractivity contribution in [2.45, 2.75) is 19.3 Å². The van der Waals surface area contributed by atoms with Crippen molar-refractivity contribution >= 4 is 28.9 Å². The molecule has 0 aromatic heterocycles. The number of nitrogens with zero attached hydrogens (tertiary/aromatic N) is 1. The zero-order chi connectivity index (χ0) is 20.8. The van der Waals surface area contributed by atoms with Gasteiger partial charge in [-0.15, -0.1) is 0 Å². The van der Waals surface area contributed by atoms with Crippen LogP contribution in [0.4, 0.5) is 5.69 Å². The first kappa shape index (κ1) is 20.1. The molecule has 1 N–H and O–H groups in total. The van der Waals surface area contributed by atoms with Gasteiger partial charge in [0.2, 0.25) is 0 Å². The van der Waals surface area contributed by atoms with Crippen LogP contribution in [0.2, 0.25) is 0 Å². The molecular weight excluding hydrogens is 392 g/mol. The average molecular weight is 417 g/mol. The van der Waals surface area contributed by atoms with E-state index in [4.69, 9.17) is 17.0 Å². The number of carbonyl (C=O) groups is 1. The maximum atomic E-state index is 13.0.